The van der Waals surface area contributed by atoms with Crippen LogP contribution in [0, 0.1) is 17.5 Å². The van der Waals surface area contributed by atoms with Crippen LogP contribution in [0.4, 0.5) is 18.9 Å². The van der Waals surface area contributed by atoms with E-state index >= 15 is 0 Å². The highest BCUT2D eigenvalue weighted by atomic mass is 19.1. The van der Waals surface area contributed by atoms with Crippen molar-refractivity contribution in [1.82, 2.24) is 10.0 Å². The van der Waals surface area contributed by atoms with Crippen LogP contribution in [0.1, 0.15) is 57.3 Å². The lowest BCUT2D eigenvalue weighted by Crippen LogP contribution is -2.34. The molecule has 1 fully saturated rings. The molecule has 3 aromatic carbocycles. The second kappa shape index (κ2) is 14.1. The van der Waals surface area contributed by atoms with E-state index in [1.807, 2.05) is 30.3 Å². The number of hydroxylamine groups is 1. The first-order chi connectivity index (χ1) is 21.7. The fourth-order valence-electron chi connectivity index (χ4n) is 5.30. The molecule has 0 bridgehead atoms. The Bertz CT molecular complexity index is 1710. The van der Waals surface area contributed by atoms with Crippen molar-refractivity contribution in [2.75, 3.05) is 18.0 Å². The van der Waals surface area contributed by atoms with E-state index in [1.165, 1.54) is 4.57 Å². The number of hydrogen-bond acceptors (Lipinski definition) is 7. The number of carbonyl (C=O) groups is 2. The van der Waals surface area contributed by atoms with E-state index in [0.29, 0.717) is 30.7 Å². The molecule has 1 atom stereocenters. The molecule has 5 rings (SSSR count). The smallest absolute Gasteiger partial charge is 0.362 e. The number of carbonyl (C=O) groups excluding carboxylic acids is 1. The maximum absolute atomic E-state index is 14.1. The molecular weight excluding hydrogens is 591 g/mol. The zero-order chi connectivity index (χ0) is 31.9. The Morgan fingerprint density at radius 2 is 1.62 bits per heavy atom. The van der Waals surface area contributed by atoms with Gasteiger partial charge in [0.05, 0.1) is 12.6 Å². The van der Waals surface area contributed by atoms with Crippen LogP contribution in [0.25, 0.3) is 0 Å². The lowest BCUT2D eigenvalue weighted by molar-refractivity contribution is 0.0228. The molecule has 9 nitrogen and oxygen atoms in total. The summed E-state index contributed by atoms with van der Waals surface area (Å²) < 4.78 is 48.6. The van der Waals surface area contributed by atoms with Crippen LogP contribution < -0.4 is 20.5 Å². The summed E-state index contributed by atoms with van der Waals surface area (Å²) >= 11 is 0. The van der Waals surface area contributed by atoms with Gasteiger partial charge in [-0.25, -0.2) is 22.8 Å². The number of pyridine rings is 1. The van der Waals surface area contributed by atoms with Gasteiger partial charge in [-0.1, -0.05) is 48.5 Å². The molecular formula is C33H30F3N3O6. The van der Waals surface area contributed by atoms with Gasteiger partial charge in [0.15, 0.2) is 11.4 Å². The minimum absolute atomic E-state index is 0.156. The Hall–Kier alpha value is -5.10. The van der Waals surface area contributed by atoms with Gasteiger partial charge < -0.3 is 24.1 Å². The number of benzene rings is 3. The molecule has 234 valence electrons. The van der Waals surface area contributed by atoms with Gasteiger partial charge in [-0.3, -0.25) is 4.79 Å². The first-order valence-electron chi connectivity index (χ1n) is 14.3. The number of hydrogen-bond donors (Lipinski definition) is 2. The van der Waals surface area contributed by atoms with Gasteiger partial charge in [0.25, 0.3) is 0 Å². The normalized spacial score (nSPS) is 14.9. The Morgan fingerprint density at radius 1 is 0.956 bits per heavy atom. The van der Waals surface area contributed by atoms with E-state index in [0.717, 1.165) is 31.3 Å². The van der Waals surface area contributed by atoms with Crippen molar-refractivity contribution in [2.24, 2.45) is 0 Å². The van der Waals surface area contributed by atoms with Crippen molar-refractivity contribution >= 4 is 17.6 Å². The number of aromatic carboxylic acids is 1. The van der Waals surface area contributed by atoms with Crippen LogP contribution in [0.15, 0.2) is 83.8 Å². The van der Waals surface area contributed by atoms with Gasteiger partial charge >= 0.3 is 11.9 Å². The number of aromatic nitrogens is 1. The number of anilines is 1. The zero-order valence-corrected chi connectivity index (χ0v) is 24.0. The van der Waals surface area contributed by atoms with Crippen LogP contribution in [0.3, 0.4) is 0 Å². The van der Waals surface area contributed by atoms with Crippen molar-refractivity contribution in [3.8, 4) is 5.75 Å². The SMILES string of the molecule is O=C(ONCc1c(F)cc(F)cc1F)c1cn([C@H]2CCCCN(c3ccccc3)C2)c(C(=O)O)c(OCc2ccccc2)c1=O. The molecule has 1 aromatic heterocycles. The first kappa shape index (κ1) is 31.3. The van der Waals surface area contributed by atoms with Crippen molar-refractivity contribution in [3.63, 3.8) is 0 Å². The Balaban J connectivity index is 1.51. The van der Waals surface area contributed by atoms with Gasteiger partial charge in [0.1, 0.15) is 29.6 Å². The van der Waals surface area contributed by atoms with Gasteiger partial charge in [-0.2, -0.15) is 0 Å². The molecule has 0 saturated carbocycles. The average Bonchev–Trinajstić information content (AvgIpc) is 3.29. The number of carboxylic acids is 1. The number of nitrogens with zero attached hydrogens (tertiary/aromatic N) is 2. The standard InChI is InChI=1S/C33H30F3N3O6/c34-22-15-27(35)25(28(36)16-22)17-37-45-33(43)26-19-39(24-13-7-8-14-38(18-24)23-11-5-2-6-12-23)29(32(41)42)31(30(26)40)44-20-21-9-3-1-4-10-21/h1-6,9-12,15-16,19,24,37H,7-8,13-14,17-18,20H2,(H,41,42)/t24-/m0/s1. The molecule has 0 amide bonds. The van der Waals surface area contributed by atoms with Crippen LogP contribution in [0.2, 0.25) is 0 Å². The molecule has 1 aliphatic rings. The molecule has 1 aliphatic heterocycles. The monoisotopic (exact) mass is 621 g/mol. The van der Waals surface area contributed by atoms with E-state index in [2.05, 4.69) is 10.4 Å². The van der Waals surface area contributed by atoms with Crippen molar-refractivity contribution in [1.29, 1.82) is 0 Å². The highest BCUT2D eigenvalue weighted by Gasteiger charge is 2.31. The molecule has 0 radical (unpaired) electrons. The molecule has 2 heterocycles. The Kier molecular flexibility index (Phi) is 9.83. The Labute approximate surface area is 256 Å². The minimum Gasteiger partial charge on any atom is -0.482 e. The summed E-state index contributed by atoms with van der Waals surface area (Å²) in [4.78, 5) is 46.6. The quantitative estimate of drug-likeness (QED) is 0.219. The molecule has 0 aliphatic carbocycles. The van der Waals surface area contributed by atoms with Crippen LogP contribution in [-0.2, 0) is 18.0 Å². The van der Waals surface area contributed by atoms with Crippen molar-refractivity contribution in [2.45, 2.75) is 38.5 Å². The number of para-hydroxylation sites is 1. The number of ether oxygens (including phenoxy) is 1. The highest BCUT2D eigenvalue weighted by molar-refractivity contribution is 5.93. The van der Waals surface area contributed by atoms with Gasteiger partial charge in [0, 0.05) is 42.7 Å². The number of carboxylic acid groups (broad SMARTS) is 1. The van der Waals surface area contributed by atoms with Gasteiger partial charge in [-0.15, -0.1) is 5.48 Å². The average molecular weight is 622 g/mol. The van der Waals surface area contributed by atoms with E-state index in [4.69, 9.17) is 9.57 Å². The van der Waals surface area contributed by atoms with Crippen LogP contribution in [-0.4, -0.2) is 34.7 Å². The molecule has 0 spiro atoms. The molecule has 12 heteroatoms. The maximum atomic E-state index is 14.1. The summed E-state index contributed by atoms with van der Waals surface area (Å²) in [7, 11) is 0. The molecule has 1 saturated heterocycles. The van der Waals surface area contributed by atoms with Crippen molar-refractivity contribution in [3.05, 3.63) is 129 Å². The van der Waals surface area contributed by atoms with Crippen molar-refractivity contribution < 1.29 is 37.4 Å². The predicted molar refractivity (Wildman–Crippen MR) is 159 cm³/mol. The Morgan fingerprint density at radius 3 is 2.29 bits per heavy atom. The maximum Gasteiger partial charge on any atom is 0.362 e. The van der Waals surface area contributed by atoms with Crippen LogP contribution >= 0.6 is 0 Å². The minimum atomic E-state index is -1.43. The molecule has 45 heavy (non-hydrogen) atoms. The fraction of sp³-hybridized carbons (Fsp3) is 0.242. The van der Waals surface area contributed by atoms with E-state index in [-0.39, 0.29) is 6.61 Å². The third-order valence-electron chi connectivity index (χ3n) is 7.52. The van der Waals surface area contributed by atoms with Gasteiger partial charge in [-0.05, 0) is 37.0 Å². The zero-order valence-electron chi connectivity index (χ0n) is 24.0. The van der Waals surface area contributed by atoms with E-state index < -0.39 is 70.0 Å². The lowest BCUT2D eigenvalue weighted by atomic mass is 10.1. The molecule has 4 aromatic rings. The highest BCUT2D eigenvalue weighted by Crippen LogP contribution is 2.29. The number of halogens is 3. The summed E-state index contributed by atoms with van der Waals surface area (Å²) in [6.45, 7) is 0.269. The number of rotatable bonds is 10. The molecule has 0 unspecified atom stereocenters. The largest absolute Gasteiger partial charge is 0.482 e. The third-order valence-corrected chi connectivity index (χ3v) is 7.52. The first-order valence-corrected chi connectivity index (χ1v) is 14.3. The van der Waals surface area contributed by atoms with E-state index in [9.17, 15) is 32.7 Å². The molecule has 2 N–H and O–H groups in total. The second-order valence-corrected chi connectivity index (χ2v) is 10.5. The third kappa shape index (κ3) is 7.35. The second-order valence-electron chi connectivity index (χ2n) is 10.5. The number of nitrogens with one attached hydrogen (secondary N) is 1. The van der Waals surface area contributed by atoms with Crippen LogP contribution in [0.5, 0.6) is 5.75 Å². The fourth-order valence-corrected chi connectivity index (χ4v) is 5.30. The predicted octanol–water partition coefficient (Wildman–Crippen LogP) is 5.64. The summed E-state index contributed by atoms with van der Waals surface area (Å²) in [5, 5.41) is 10.3. The van der Waals surface area contributed by atoms with E-state index in [1.54, 1.807) is 30.3 Å². The summed E-state index contributed by atoms with van der Waals surface area (Å²) in [6, 6.07) is 18.8. The summed E-state index contributed by atoms with van der Waals surface area (Å²) in [6.07, 6.45) is 3.25. The van der Waals surface area contributed by atoms with Gasteiger partial charge in [0.2, 0.25) is 5.43 Å². The topological polar surface area (TPSA) is 110 Å². The summed E-state index contributed by atoms with van der Waals surface area (Å²) in [5.74, 6) is -6.71. The lowest BCUT2D eigenvalue weighted by Gasteiger charge is -2.29. The summed E-state index contributed by atoms with van der Waals surface area (Å²) in [5.41, 5.74) is 1.12.